The number of rotatable bonds is 3. The van der Waals surface area contributed by atoms with E-state index in [4.69, 9.17) is 9.47 Å². The Balaban J connectivity index is 2.22. The van der Waals surface area contributed by atoms with Crippen molar-refractivity contribution in [2.24, 2.45) is 5.92 Å². The summed E-state index contributed by atoms with van der Waals surface area (Å²) in [6.07, 6.45) is 1.16. The molecule has 0 radical (unpaired) electrons. The van der Waals surface area contributed by atoms with Crippen molar-refractivity contribution in [3.63, 3.8) is 0 Å². The van der Waals surface area contributed by atoms with Gasteiger partial charge in [0.05, 0.1) is 14.2 Å². The molecule has 1 aliphatic heterocycles. The first-order chi connectivity index (χ1) is 9.22. The molecule has 1 fully saturated rings. The van der Waals surface area contributed by atoms with Crippen molar-refractivity contribution in [1.82, 2.24) is 5.32 Å². The Morgan fingerprint density at radius 3 is 2.47 bits per heavy atom. The first kappa shape index (κ1) is 14.0. The van der Waals surface area contributed by atoms with Crippen molar-refractivity contribution in [3.05, 3.63) is 18.2 Å². The highest BCUT2D eigenvalue weighted by Crippen LogP contribution is 2.29. The van der Waals surface area contributed by atoms with Crippen LogP contribution in [0, 0.1) is 5.92 Å². The van der Waals surface area contributed by atoms with Gasteiger partial charge < -0.3 is 19.7 Å². The van der Waals surface area contributed by atoms with Gasteiger partial charge in [-0.25, -0.2) is 0 Å². The van der Waals surface area contributed by atoms with E-state index in [2.05, 4.69) is 29.3 Å². The summed E-state index contributed by atoms with van der Waals surface area (Å²) in [5.74, 6) is 2.34. The summed E-state index contributed by atoms with van der Waals surface area (Å²) in [4.78, 5) is 2.43. The largest absolute Gasteiger partial charge is 0.497 e. The van der Waals surface area contributed by atoms with E-state index in [0.29, 0.717) is 5.92 Å². The zero-order chi connectivity index (χ0) is 13.7. The van der Waals surface area contributed by atoms with Gasteiger partial charge in [0.15, 0.2) is 0 Å². The fraction of sp³-hybridized carbons (Fsp3) is 0.600. The van der Waals surface area contributed by atoms with Crippen LogP contribution in [0.1, 0.15) is 13.3 Å². The molecule has 19 heavy (non-hydrogen) atoms. The lowest BCUT2D eigenvalue weighted by Gasteiger charge is -2.31. The van der Waals surface area contributed by atoms with Crippen LogP contribution in [0.3, 0.4) is 0 Å². The monoisotopic (exact) mass is 264 g/mol. The second-order valence-electron chi connectivity index (χ2n) is 5.18. The molecular formula is C15H24N2O2. The van der Waals surface area contributed by atoms with Gasteiger partial charge in [0, 0.05) is 37.0 Å². The number of nitrogens with zero attached hydrogens (tertiary/aromatic N) is 1. The third kappa shape index (κ3) is 3.77. The smallest absolute Gasteiger partial charge is 0.124 e. The quantitative estimate of drug-likeness (QED) is 0.907. The van der Waals surface area contributed by atoms with Crippen molar-refractivity contribution in [1.29, 1.82) is 0 Å². The van der Waals surface area contributed by atoms with Gasteiger partial charge in [0.25, 0.3) is 0 Å². The lowest BCUT2D eigenvalue weighted by atomic mass is 10.1. The van der Waals surface area contributed by atoms with Gasteiger partial charge in [-0.1, -0.05) is 6.92 Å². The molecule has 2 rings (SSSR count). The predicted molar refractivity (Wildman–Crippen MR) is 78.4 cm³/mol. The van der Waals surface area contributed by atoms with E-state index >= 15 is 0 Å². The number of nitrogens with one attached hydrogen (secondary N) is 1. The van der Waals surface area contributed by atoms with Gasteiger partial charge in [0.2, 0.25) is 0 Å². The van der Waals surface area contributed by atoms with E-state index in [1.165, 1.54) is 5.69 Å². The van der Waals surface area contributed by atoms with Crippen LogP contribution in [-0.4, -0.2) is 40.4 Å². The highest BCUT2D eigenvalue weighted by Gasteiger charge is 2.15. The van der Waals surface area contributed by atoms with Gasteiger partial charge in [-0.3, -0.25) is 0 Å². The van der Waals surface area contributed by atoms with E-state index < -0.39 is 0 Å². The zero-order valence-corrected chi connectivity index (χ0v) is 12.1. The standard InChI is InChI=1S/C15H24N2O2/c1-12-10-16-5-4-6-17(11-12)13-7-14(18-2)9-15(8-13)19-3/h7-9,12,16H,4-6,10-11H2,1-3H3. The zero-order valence-electron chi connectivity index (χ0n) is 12.1. The van der Waals surface area contributed by atoms with E-state index in [-0.39, 0.29) is 0 Å². The maximum Gasteiger partial charge on any atom is 0.124 e. The molecule has 0 saturated carbocycles. The molecule has 0 amide bonds. The van der Waals surface area contributed by atoms with Gasteiger partial charge in [-0.15, -0.1) is 0 Å². The van der Waals surface area contributed by atoms with E-state index in [1.54, 1.807) is 14.2 Å². The van der Waals surface area contributed by atoms with Crippen molar-refractivity contribution >= 4 is 5.69 Å². The SMILES string of the molecule is COc1cc(OC)cc(N2CCCNCC(C)C2)c1. The van der Waals surface area contributed by atoms with Crippen LogP contribution in [0.15, 0.2) is 18.2 Å². The molecule has 1 N–H and O–H groups in total. The predicted octanol–water partition coefficient (Wildman–Crippen LogP) is 2.14. The number of anilines is 1. The second-order valence-corrected chi connectivity index (χ2v) is 5.18. The van der Waals surface area contributed by atoms with Crippen LogP contribution in [0.2, 0.25) is 0 Å². The number of hydrogen-bond donors (Lipinski definition) is 1. The van der Waals surface area contributed by atoms with Crippen LogP contribution in [0.4, 0.5) is 5.69 Å². The molecule has 106 valence electrons. The molecule has 0 bridgehead atoms. The Labute approximate surface area is 115 Å². The third-order valence-corrected chi connectivity index (χ3v) is 3.51. The van der Waals surface area contributed by atoms with E-state index in [0.717, 1.165) is 44.1 Å². The molecule has 1 saturated heterocycles. The fourth-order valence-electron chi connectivity index (χ4n) is 2.48. The summed E-state index contributed by atoms with van der Waals surface area (Å²) in [6, 6.07) is 6.09. The first-order valence-electron chi connectivity index (χ1n) is 6.91. The Kier molecular flexibility index (Phi) is 4.91. The summed E-state index contributed by atoms with van der Waals surface area (Å²) in [7, 11) is 3.39. The molecule has 0 spiro atoms. The number of methoxy groups -OCH3 is 2. The van der Waals surface area contributed by atoms with Crippen molar-refractivity contribution in [3.8, 4) is 11.5 Å². The summed E-state index contributed by atoms with van der Waals surface area (Å²) in [5.41, 5.74) is 1.19. The Morgan fingerprint density at radius 2 is 1.84 bits per heavy atom. The lowest BCUT2D eigenvalue weighted by molar-refractivity contribution is 0.393. The molecule has 4 heteroatoms. The molecule has 4 nitrogen and oxygen atoms in total. The van der Waals surface area contributed by atoms with Gasteiger partial charge in [0.1, 0.15) is 11.5 Å². The second kappa shape index (κ2) is 6.66. The van der Waals surface area contributed by atoms with Gasteiger partial charge in [-0.2, -0.15) is 0 Å². The molecule has 1 aromatic rings. The molecule has 0 aromatic heterocycles. The molecule has 0 aliphatic carbocycles. The Hall–Kier alpha value is -1.42. The summed E-state index contributed by atoms with van der Waals surface area (Å²) in [6.45, 7) is 6.57. The number of benzene rings is 1. The summed E-state index contributed by atoms with van der Waals surface area (Å²) >= 11 is 0. The average molecular weight is 264 g/mol. The van der Waals surface area contributed by atoms with Crippen LogP contribution in [0.25, 0.3) is 0 Å². The minimum absolute atomic E-state index is 0.637. The summed E-state index contributed by atoms with van der Waals surface area (Å²) < 4.78 is 10.7. The van der Waals surface area contributed by atoms with Crippen molar-refractivity contribution < 1.29 is 9.47 Å². The van der Waals surface area contributed by atoms with Gasteiger partial charge >= 0.3 is 0 Å². The average Bonchev–Trinajstić information content (AvgIpc) is 2.42. The molecule has 1 aromatic carbocycles. The highest BCUT2D eigenvalue weighted by atomic mass is 16.5. The maximum atomic E-state index is 5.35. The van der Waals surface area contributed by atoms with Crippen molar-refractivity contribution in [2.75, 3.05) is 45.3 Å². The first-order valence-corrected chi connectivity index (χ1v) is 6.91. The van der Waals surface area contributed by atoms with Crippen LogP contribution < -0.4 is 19.7 Å². The van der Waals surface area contributed by atoms with Crippen LogP contribution >= 0.6 is 0 Å². The summed E-state index contributed by atoms with van der Waals surface area (Å²) in [5, 5.41) is 3.48. The molecule has 1 unspecified atom stereocenters. The molecular weight excluding hydrogens is 240 g/mol. The van der Waals surface area contributed by atoms with Crippen molar-refractivity contribution in [2.45, 2.75) is 13.3 Å². The third-order valence-electron chi connectivity index (χ3n) is 3.51. The number of hydrogen-bond acceptors (Lipinski definition) is 4. The van der Waals surface area contributed by atoms with E-state index in [1.807, 2.05) is 6.07 Å². The highest BCUT2D eigenvalue weighted by molar-refractivity contribution is 5.55. The maximum absolute atomic E-state index is 5.35. The van der Waals surface area contributed by atoms with Gasteiger partial charge in [-0.05, 0) is 25.4 Å². The Bertz CT molecular complexity index is 387. The lowest BCUT2D eigenvalue weighted by Crippen LogP contribution is -2.38. The molecule has 1 heterocycles. The number of ether oxygens (including phenoxy) is 2. The topological polar surface area (TPSA) is 33.7 Å². The normalized spacial score (nSPS) is 20.6. The Morgan fingerprint density at radius 1 is 1.16 bits per heavy atom. The molecule has 1 atom stereocenters. The minimum Gasteiger partial charge on any atom is -0.497 e. The van der Waals surface area contributed by atoms with Crippen LogP contribution in [0.5, 0.6) is 11.5 Å². The minimum atomic E-state index is 0.637. The van der Waals surface area contributed by atoms with Crippen LogP contribution in [-0.2, 0) is 0 Å². The van der Waals surface area contributed by atoms with E-state index in [9.17, 15) is 0 Å². The fourth-order valence-corrected chi connectivity index (χ4v) is 2.48. The molecule has 1 aliphatic rings.